The average Bonchev–Trinajstić information content (AvgIpc) is 3.43. The highest BCUT2D eigenvalue weighted by Gasteiger charge is 2.39. The molecule has 0 bridgehead atoms. The summed E-state index contributed by atoms with van der Waals surface area (Å²) in [5.74, 6) is -0.257. The number of sulfonamides is 1. The van der Waals surface area contributed by atoms with Gasteiger partial charge in [-0.2, -0.15) is 4.31 Å². The Morgan fingerprint density at radius 3 is 2.17 bits per heavy atom. The van der Waals surface area contributed by atoms with Crippen molar-refractivity contribution in [2.75, 3.05) is 7.05 Å². The van der Waals surface area contributed by atoms with Crippen LogP contribution in [0.15, 0.2) is 53.4 Å². The topological polar surface area (TPSA) is 95.6 Å². The zero-order chi connectivity index (χ0) is 21.2. The van der Waals surface area contributed by atoms with Gasteiger partial charge in [0.15, 0.2) is 0 Å². The van der Waals surface area contributed by atoms with Gasteiger partial charge in [0.1, 0.15) is 0 Å². The van der Waals surface area contributed by atoms with Crippen LogP contribution in [0, 0.1) is 18.8 Å². The Hall–Kier alpha value is -2.71. The first-order valence-electron chi connectivity index (χ1n) is 9.40. The first-order valence-corrected chi connectivity index (χ1v) is 10.8. The van der Waals surface area contributed by atoms with Gasteiger partial charge < -0.3 is 0 Å². The predicted octanol–water partition coefficient (Wildman–Crippen LogP) is 2.23. The number of aryl methyl sites for hydroxylation is 1. The Labute approximate surface area is 171 Å². The number of benzene rings is 2. The molecule has 2 aromatic rings. The SMILES string of the molecule is Cc1ccc(S(=O)(=O)N(C)Cc2ccc(C(=O)NNC(=O)[C@H]3C[C@H]3C)cc2)cc1. The third kappa shape index (κ3) is 5.02. The molecule has 2 aromatic carbocycles. The summed E-state index contributed by atoms with van der Waals surface area (Å²) in [4.78, 5) is 24.2. The van der Waals surface area contributed by atoms with Crippen LogP contribution in [-0.2, 0) is 21.4 Å². The fraction of sp³-hybridized carbons (Fsp3) is 0.333. The van der Waals surface area contributed by atoms with Gasteiger partial charge in [-0.3, -0.25) is 20.4 Å². The van der Waals surface area contributed by atoms with Crippen molar-refractivity contribution in [3.63, 3.8) is 0 Å². The molecule has 0 saturated heterocycles. The number of amides is 2. The van der Waals surface area contributed by atoms with E-state index in [0.717, 1.165) is 17.5 Å². The van der Waals surface area contributed by atoms with Gasteiger partial charge in [-0.15, -0.1) is 0 Å². The number of carbonyl (C=O) groups excluding carboxylic acids is 2. The molecule has 2 N–H and O–H groups in total. The highest BCUT2D eigenvalue weighted by atomic mass is 32.2. The van der Waals surface area contributed by atoms with E-state index >= 15 is 0 Å². The molecule has 0 spiro atoms. The van der Waals surface area contributed by atoms with Crippen molar-refractivity contribution in [3.05, 3.63) is 65.2 Å². The molecule has 154 valence electrons. The molecular weight excluding hydrogens is 390 g/mol. The van der Waals surface area contributed by atoms with Crippen LogP contribution in [0.5, 0.6) is 0 Å². The van der Waals surface area contributed by atoms with Gasteiger partial charge in [0.2, 0.25) is 15.9 Å². The fourth-order valence-corrected chi connectivity index (χ4v) is 4.12. The third-order valence-electron chi connectivity index (χ3n) is 5.10. The molecule has 29 heavy (non-hydrogen) atoms. The molecule has 1 aliphatic rings. The van der Waals surface area contributed by atoms with Gasteiger partial charge in [-0.1, -0.05) is 36.8 Å². The standard InChI is InChI=1S/C21H25N3O4S/c1-14-4-10-18(11-5-14)29(27,28)24(3)13-16-6-8-17(9-7-16)20(25)22-23-21(26)19-12-15(19)2/h4-11,15,19H,12-13H2,1-3H3,(H,22,25)(H,23,26)/t15-,19+/m1/s1. The van der Waals surface area contributed by atoms with Crippen LogP contribution in [-0.4, -0.2) is 31.6 Å². The van der Waals surface area contributed by atoms with Crippen LogP contribution in [0.4, 0.5) is 0 Å². The van der Waals surface area contributed by atoms with Gasteiger partial charge in [0, 0.05) is 25.1 Å². The lowest BCUT2D eigenvalue weighted by molar-refractivity contribution is -0.123. The summed E-state index contributed by atoms with van der Waals surface area (Å²) in [6.45, 7) is 4.06. The van der Waals surface area contributed by atoms with E-state index in [4.69, 9.17) is 0 Å². The van der Waals surface area contributed by atoms with E-state index in [1.165, 1.54) is 11.4 Å². The minimum Gasteiger partial charge on any atom is -0.273 e. The summed E-state index contributed by atoms with van der Waals surface area (Å²) >= 11 is 0. The second-order valence-electron chi connectivity index (χ2n) is 7.53. The van der Waals surface area contributed by atoms with Gasteiger partial charge in [0.05, 0.1) is 4.90 Å². The van der Waals surface area contributed by atoms with Crippen LogP contribution < -0.4 is 10.9 Å². The molecule has 2 amide bonds. The van der Waals surface area contributed by atoms with E-state index in [1.807, 2.05) is 13.8 Å². The smallest absolute Gasteiger partial charge is 0.269 e. The van der Waals surface area contributed by atoms with E-state index in [9.17, 15) is 18.0 Å². The molecule has 1 aliphatic carbocycles. The van der Waals surface area contributed by atoms with Crippen molar-refractivity contribution in [1.29, 1.82) is 0 Å². The number of hydrogen-bond acceptors (Lipinski definition) is 4. The maximum absolute atomic E-state index is 12.7. The monoisotopic (exact) mass is 415 g/mol. The predicted molar refractivity (Wildman–Crippen MR) is 109 cm³/mol. The van der Waals surface area contributed by atoms with Gasteiger partial charge in [-0.05, 0) is 49.1 Å². The number of nitrogens with one attached hydrogen (secondary N) is 2. The van der Waals surface area contributed by atoms with Crippen LogP contribution in [0.25, 0.3) is 0 Å². The van der Waals surface area contributed by atoms with Crippen LogP contribution in [0.3, 0.4) is 0 Å². The summed E-state index contributed by atoms with van der Waals surface area (Å²) in [5, 5.41) is 0. The Morgan fingerprint density at radius 2 is 1.62 bits per heavy atom. The summed E-state index contributed by atoms with van der Waals surface area (Å²) in [5.41, 5.74) is 6.95. The number of rotatable bonds is 6. The van der Waals surface area contributed by atoms with Crippen LogP contribution in [0.2, 0.25) is 0 Å². The van der Waals surface area contributed by atoms with E-state index in [0.29, 0.717) is 11.5 Å². The minimum atomic E-state index is -3.60. The summed E-state index contributed by atoms with van der Waals surface area (Å²) in [6.07, 6.45) is 0.843. The molecular formula is C21H25N3O4S. The first-order chi connectivity index (χ1) is 13.7. The molecule has 8 heteroatoms. The van der Waals surface area contributed by atoms with Crippen molar-refractivity contribution >= 4 is 21.8 Å². The fourth-order valence-electron chi connectivity index (χ4n) is 2.96. The number of hydrazine groups is 1. The van der Waals surface area contributed by atoms with Gasteiger partial charge in [0.25, 0.3) is 5.91 Å². The summed E-state index contributed by atoms with van der Waals surface area (Å²) in [6, 6.07) is 13.3. The highest BCUT2D eigenvalue weighted by Crippen LogP contribution is 2.37. The van der Waals surface area contributed by atoms with Crippen molar-refractivity contribution in [2.24, 2.45) is 11.8 Å². The summed E-state index contributed by atoms with van der Waals surface area (Å²) in [7, 11) is -2.08. The molecule has 7 nitrogen and oxygen atoms in total. The molecule has 2 atom stereocenters. The average molecular weight is 416 g/mol. The molecule has 3 rings (SSSR count). The van der Waals surface area contributed by atoms with Gasteiger partial charge in [-0.25, -0.2) is 8.42 Å². The second-order valence-corrected chi connectivity index (χ2v) is 9.58. The maximum Gasteiger partial charge on any atom is 0.269 e. The van der Waals surface area contributed by atoms with Crippen molar-refractivity contribution in [3.8, 4) is 0 Å². The largest absolute Gasteiger partial charge is 0.273 e. The van der Waals surface area contributed by atoms with E-state index in [-0.39, 0.29) is 23.3 Å². The Balaban J connectivity index is 1.58. The number of nitrogens with zero attached hydrogens (tertiary/aromatic N) is 1. The summed E-state index contributed by atoms with van der Waals surface area (Å²) < 4.78 is 26.6. The Bertz CT molecular complexity index is 1000. The Kier molecular flexibility index (Phi) is 6.04. The van der Waals surface area contributed by atoms with E-state index < -0.39 is 15.9 Å². The molecule has 0 radical (unpaired) electrons. The van der Waals surface area contributed by atoms with Crippen LogP contribution in [0.1, 0.15) is 34.8 Å². The van der Waals surface area contributed by atoms with Crippen LogP contribution >= 0.6 is 0 Å². The lowest BCUT2D eigenvalue weighted by Crippen LogP contribution is -2.42. The lowest BCUT2D eigenvalue weighted by atomic mass is 10.1. The second kappa shape index (κ2) is 8.34. The Morgan fingerprint density at radius 1 is 1.03 bits per heavy atom. The number of carbonyl (C=O) groups is 2. The maximum atomic E-state index is 12.7. The van der Waals surface area contributed by atoms with E-state index in [1.54, 1.807) is 48.5 Å². The first kappa shape index (κ1) is 21.0. The van der Waals surface area contributed by atoms with Gasteiger partial charge >= 0.3 is 0 Å². The van der Waals surface area contributed by atoms with Crippen molar-refractivity contribution in [2.45, 2.75) is 31.7 Å². The normalized spacial score (nSPS) is 18.3. The zero-order valence-electron chi connectivity index (χ0n) is 16.7. The zero-order valence-corrected chi connectivity index (χ0v) is 17.5. The van der Waals surface area contributed by atoms with Crippen molar-refractivity contribution in [1.82, 2.24) is 15.2 Å². The molecule has 0 heterocycles. The molecule has 1 fully saturated rings. The molecule has 0 aliphatic heterocycles. The molecule has 0 aromatic heterocycles. The third-order valence-corrected chi connectivity index (χ3v) is 6.91. The highest BCUT2D eigenvalue weighted by molar-refractivity contribution is 7.89. The molecule has 0 unspecified atom stereocenters. The van der Waals surface area contributed by atoms with Crippen molar-refractivity contribution < 1.29 is 18.0 Å². The van der Waals surface area contributed by atoms with E-state index in [2.05, 4.69) is 10.9 Å². The quantitative estimate of drug-likeness (QED) is 0.708. The lowest BCUT2D eigenvalue weighted by Gasteiger charge is -2.17. The number of hydrogen-bond donors (Lipinski definition) is 2. The minimum absolute atomic E-state index is 0.0244. The molecule has 1 saturated carbocycles.